The maximum absolute atomic E-state index is 12.2. The smallest absolute Gasteiger partial charge is 0.245 e. The van der Waals surface area contributed by atoms with Gasteiger partial charge in [-0.2, -0.15) is 0 Å². The first-order valence-electron chi connectivity index (χ1n) is 6.99. The number of hydrogen-bond acceptors (Lipinski definition) is 4. The minimum Gasteiger partial charge on any atom is -0.497 e. The Morgan fingerprint density at radius 3 is 2.71 bits per heavy atom. The molecule has 21 heavy (non-hydrogen) atoms. The van der Waals surface area contributed by atoms with Gasteiger partial charge in [-0.25, -0.2) is 0 Å². The lowest BCUT2D eigenvalue weighted by molar-refractivity contribution is -0.133. The molecule has 1 saturated heterocycles. The monoisotopic (exact) mass is 291 g/mol. The Kier molecular flexibility index (Phi) is 4.80. The molecule has 0 saturated carbocycles. The zero-order chi connectivity index (χ0) is 15.4. The summed E-state index contributed by atoms with van der Waals surface area (Å²) in [5.74, 6) is 0.438. The highest BCUT2D eigenvalue weighted by atomic mass is 16.5. The van der Waals surface area contributed by atoms with E-state index in [1.54, 1.807) is 18.9 Å². The van der Waals surface area contributed by atoms with Gasteiger partial charge in [-0.3, -0.25) is 9.59 Å². The van der Waals surface area contributed by atoms with E-state index in [2.05, 4.69) is 5.32 Å². The van der Waals surface area contributed by atoms with E-state index in [1.165, 1.54) is 0 Å². The van der Waals surface area contributed by atoms with Crippen LogP contribution in [0, 0.1) is 0 Å². The van der Waals surface area contributed by atoms with E-state index in [0.29, 0.717) is 19.5 Å². The van der Waals surface area contributed by atoms with E-state index in [4.69, 9.17) is 10.5 Å². The fraction of sp³-hybridized carbons (Fsp3) is 0.467. The van der Waals surface area contributed by atoms with Gasteiger partial charge >= 0.3 is 0 Å². The highest BCUT2D eigenvalue weighted by molar-refractivity contribution is 5.90. The van der Waals surface area contributed by atoms with Gasteiger partial charge in [0, 0.05) is 13.1 Å². The zero-order valence-corrected chi connectivity index (χ0v) is 12.3. The van der Waals surface area contributed by atoms with Crippen LogP contribution in [0.1, 0.15) is 18.9 Å². The van der Waals surface area contributed by atoms with Crippen LogP contribution in [-0.4, -0.2) is 42.5 Å². The number of benzene rings is 1. The van der Waals surface area contributed by atoms with Crippen molar-refractivity contribution in [1.29, 1.82) is 0 Å². The van der Waals surface area contributed by atoms with Gasteiger partial charge in [-0.05, 0) is 31.0 Å². The van der Waals surface area contributed by atoms with Crippen molar-refractivity contribution in [2.24, 2.45) is 5.73 Å². The van der Waals surface area contributed by atoms with Crippen LogP contribution in [0.15, 0.2) is 24.3 Å². The molecular formula is C15H21N3O3. The van der Waals surface area contributed by atoms with E-state index < -0.39 is 12.1 Å². The molecule has 1 unspecified atom stereocenters. The first-order valence-corrected chi connectivity index (χ1v) is 6.99. The van der Waals surface area contributed by atoms with Crippen LogP contribution in [-0.2, 0) is 16.1 Å². The predicted molar refractivity (Wildman–Crippen MR) is 78.6 cm³/mol. The second kappa shape index (κ2) is 6.58. The van der Waals surface area contributed by atoms with Crippen LogP contribution in [0.4, 0.5) is 0 Å². The summed E-state index contributed by atoms with van der Waals surface area (Å²) in [7, 11) is 1.62. The summed E-state index contributed by atoms with van der Waals surface area (Å²) in [4.78, 5) is 25.5. The van der Waals surface area contributed by atoms with Crippen molar-refractivity contribution in [3.63, 3.8) is 0 Å². The lowest BCUT2D eigenvalue weighted by Gasteiger charge is -2.18. The van der Waals surface area contributed by atoms with E-state index >= 15 is 0 Å². The number of rotatable bonds is 5. The van der Waals surface area contributed by atoms with E-state index in [9.17, 15) is 9.59 Å². The van der Waals surface area contributed by atoms with Gasteiger partial charge in [-0.1, -0.05) is 12.1 Å². The summed E-state index contributed by atoms with van der Waals surface area (Å²) in [6.07, 6.45) is 0.619. The molecule has 1 fully saturated rings. The first kappa shape index (κ1) is 15.3. The van der Waals surface area contributed by atoms with Crippen LogP contribution in [0.2, 0.25) is 0 Å². The minimum atomic E-state index is -0.603. The molecule has 1 aliphatic heterocycles. The summed E-state index contributed by atoms with van der Waals surface area (Å²) in [5, 5.41) is 2.69. The molecule has 0 spiro atoms. The van der Waals surface area contributed by atoms with Crippen LogP contribution >= 0.6 is 0 Å². The van der Waals surface area contributed by atoms with Crippen LogP contribution in [0.3, 0.4) is 0 Å². The number of methoxy groups -OCH3 is 1. The average molecular weight is 291 g/mol. The highest BCUT2D eigenvalue weighted by Gasteiger charge is 2.32. The Balaban J connectivity index is 1.93. The second-order valence-corrected chi connectivity index (χ2v) is 5.25. The zero-order valence-electron chi connectivity index (χ0n) is 12.3. The fourth-order valence-corrected chi connectivity index (χ4v) is 2.28. The molecule has 6 heteroatoms. The van der Waals surface area contributed by atoms with Crippen molar-refractivity contribution in [3.05, 3.63) is 29.8 Å². The predicted octanol–water partition coefficient (Wildman–Crippen LogP) is 0.260. The Bertz CT molecular complexity index is 513. The number of nitrogens with one attached hydrogen (secondary N) is 1. The van der Waals surface area contributed by atoms with Crippen molar-refractivity contribution in [3.8, 4) is 5.75 Å². The van der Waals surface area contributed by atoms with Gasteiger partial charge in [0.05, 0.1) is 13.2 Å². The molecule has 0 bridgehead atoms. The summed E-state index contributed by atoms with van der Waals surface area (Å²) < 4.78 is 5.10. The number of carbonyl (C=O) groups is 2. The minimum absolute atomic E-state index is 0.0557. The molecule has 114 valence electrons. The molecule has 1 heterocycles. The van der Waals surface area contributed by atoms with E-state index in [-0.39, 0.29) is 11.8 Å². The lowest BCUT2D eigenvalue weighted by Crippen LogP contribution is -2.47. The third-order valence-electron chi connectivity index (χ3n) is 3.56. The van der Waals surface area contributed by atoms with Gasteiger partial charge < -0.3 is 20.7 Å². The Labute approximate surface area is 124 Å². The third-order valence-corrected chi connectivity index (χ3v) is 3.56. The molecule has 0 aliphatic carbocycles. The largest absolute Gasteiger partial charge is 0.497 e. The molecule has 2 atom stereocenters. The fourth-order valence-electron chi connectivity index (χ4n) is 2.28. The van der Waals surface area contributed by atoms with Gasteiger partial charge in [0.25, 0.3) is 0 Å². The summed E-state index contributed by atoms with van der Waals surface area (Å²) in [6.45, 7) is 2.77. The Morgan fingerprint density at radius 2 is 2.14 bits per heavy atom. The molecule has 1 aromatic rings. The SMILES string of the molecule is COc1ccc(CN2CCC(NC(=O)[C@@H](C)N)C2=O)cc1. The first-order chi connectivity index (χ1) is 10.0. The highest BCUT2D eigenvalue weighted by Crippen LogP contribution is 2.17. The van der Waals surface area contributed by atoms with Crippen molar-refractivity contribution in [2.45, 2.75) is 32.0 Å². The van der Waals surface area contributed by atoms with Gasteiger partial charge in [0.15, 0.2) is 0 Å². The molecule has 1 aliphatic rings. The van der Waals surface area contributed by atoms with Gasteiger partial charge in [0.1, 0.15) is 11.8 Å². The van der Waals surface area contributed by atoms with Crippen molar-refractivity contribution in [1.82, 2.24) is 10.2 Å². The molecule has 3 N–H and O–H groups in total. The van der Waals surface area contributed by atoms with Gasteiger partial charge in [-0.15, -0.1) is 0 Å². The summed E-state index contributed by atoms with van der Waals surface area (Å²) >= 11 is 0. The number of nitrogens with zero attached hydrogens (tertiary/aromatic N) is 1. The van der Waals surface area contributed by atoms with Crippen LogP contribution in [0.25, 0.3) is 0 Å². The Morgan fingerprint density at radius 1 is 1.48 bits per heavy atom. The molecule has 2 amide bonds. The maximum atomic E-state index is 12.2. The molecule has 1 aromatic carbocycles. The normalized spacial score (nSPS) is 19.5. The molecule has 6 nitrogen and oxygen atoms in total. The van der Waals surface area contributed by atoms with E-state index in [1.807, 2.05) is 24.3 Å². The number of likely N-dealkylation sites (tertiary alicyclic amines) is 1. The molecule has 0 radical (unpaired) electrons. The molecule has 0 aromatic heterocycles. The number of carbonyl (C=O) groups excluding carboxylic acids is 2. The molecule has 2 rings (SSSR count). The topological polar surface area (TPSA) is 84.7 Å². The maximum Gasteiger partial charge on any atom is 0.245 e. The quantitative estimate of drug-likeness (QED) is 0.815. The number of hydrogen-bond donors (Lipinski definition) is 2. The average Bonchev–Trinajstić information content (AvgIpc) is 2.81. The van der Waals surface area contributed by atoms with Gasteiger partial charge in [0.2, 0.25) is 11.8 Å². The summed E-state index contributed by atoms with van der Waals surface area (Å²) in [6, 6.07) is 6.53. The van der Waals surface area contributed by atoms with Crippen molar-refractivity contribution in [2.75, 3.05) is 13.7 Å². The molecular weight excluding hydrogens is 270 g/mol. The number of amides is 2. The number of nitrogens with two attached hydrogens (primary N) is 1. The lowest BCUT2D eigenvalue weighted by atomic mass is 10.2. The number of ether oxygens (including phenoxy) is 1. The van der Waals surface area contributed by atoms with Crippen LogP contribution in [0.5, 0.6) is 5.75 Å². The van der Waals surface area contributed by atoms with Crippen LogP contribution < -0.4 is 15.8 Å². The van der Waals surface area contributed by atoms with Crippen molar-refractivity contribution >= 4 is 11.8 Å². The van der Waals surface area contributed by atoms with E-state index in [0.717, 1.165) is 11.3 Å². The standard InChI is InChI=1S/C15H21N3O3/c1-10(16)14(19)17-13-7-8-18(15(13)20)9-11-3-5-12(21-2)6-4-11/h3-6,10,13H,7-9,16H2,1-2H3,(H,17,19)/t10-,13?/m1/s1. The van der Waals surface area contributed by atoms with Crippen molar-refractivity contribution < 1.29 is 14.3 Å². The Hall–Kier alpha value is -2.08. The summed E-state index contributed by atoms with van der Waals surface area (Å²) in [5.41, 5.74) is 6.53. The second-order valence-electron chi connectivity index (χ2n) is 5.25. The third kappa shape index (κ3) is 3.72.